The molecule has 0 saturated heterocycles. The first-order chi connectivity index (χ1) is 8.65. The van der Waals surface area contributed by atoms with Gasteiger partial charge in [0.05, 0.1) is 0 Å². The van der Waals surface area contributed by atoms with Gasteiger partial charge in [0, 0.05) is 18.7 Å². The summed E-state index contributed by atoms with van der Waals surface area (Å²) in [7, 11) is 0. The fourth-order valence-electron chi connectivity index (χ4n) is 2.15. The van der Waals surface area contributed by atoms with Crippen LogP contribution in [-0.2, 0) is 0 Å². The van der Waals surface area contributed by atoms with E-state index in [1.807, 2.05) is 6.92 Å². The molecular weight excluding hydrogens is 236 g/mol. The van der Waals surface area contributed by atoms with Gasteiger partial charge in [0.15, 0.2) is 23.3 Å². The van der Waals surface area contributed by atoms with Gasteiger partial charge < -0.3 is 10.6 Å². The molecule has 3 nitrogen and oxygen atoms in total. The molecule has 0 spiro atoms. The highest BCUT2D eigenvalue weighted by Crippen LogP contribution is 2.37. The Morgan fingerprint density at radius 1 is 1.28 bits per heavy atom. The lowest BCUT2D eigenvalue weighted by Gasteiger charge is -2.10. The number of hydrogen-bond donors (Lipinski definition) is 2. The van der Waals surface area contributed by atoms with Crippen LogP contribution in [-0.4, -0.2) is 17.6 Å². The van der Waals surface area contributed by atoms with Crippen LogP contribution in [0.5, 0.6) is 0 Å². The zero-order valence-corrected chi connectivity index (χ0v) is 10.8. The van der Waals surface area contributed by atoms with E-state index in [2.05, 4.69) is 22.5 Å². The number of anilines is 2. The summed E-state index contributed by atoms with van der Waals surface area (Å²) >= 11 is 0. The predicted octanol–water partition coefficient (Wildman–Crippen LogP) is 3.39. The van der Waals surface area contributed by atoms with Crippen molar-refractivity contribution in [3.63, 3.8) is 0 Å². The van der Waals surface area contributed by atoms with E-state index in [-0.39, 0.29) is 17.7 Å². The smallest absolute Gasteiger partial charge is 0.168 e. The molecule has 5 heteroatoms. The van der Waals surface area contributed by atoms with Crippen molar-refractivity contribution in [3.05, 3.63) is 17.7 Å². The number of halogens is 2. The van der Waals surface area contributed by atoms with E-state index in [4.69, 9.17) is 0 Å². The van der Waals surface area contributed by atoms with Crippen LogP contribution >= 0.6 is 0 Å². The monoisotopic (exact) mass is 255 g/mol. The third-order valence-electron chi connectivity index (χ3n) is 3.18. The zero-order valence-electron chi connectivity index (χ0n) is 10.8. The van der Waals surface area contributed by atoms with Gasteiger partial charge in [-0.3, -0.25) is 0 Å². The normalized spacial score (nSPS) is 21.8. The average molecular weight is 255 g/mol. The average Bonchev–Trinajstić information content (AvgIpc) is 3.04. The molecule has 1 aliphatic rings. The summed E-state index contributed by atoms with van der Waals surface area (Å²) in [6.07, 6.45) is 3.31. The predicted molar refractivity (Wildman–Crippen MR) is 68.7 cm³/mol. The van der Waals surface area contributed by atoms with E-state index >= 15 is 0 Å². The van der Waals surface area contributed by atoms with Gasteiger partial charge in [-0.05, 0) is 25.7 Å². The first-order valence-corrected chi connectivity index (χ1v) is 6.52. The SMILES string of the molecule is CCCC1CC1Nc1nc(NCC)c(F)cc1F. The first-order valence-electron chi connectivity index (χ1n) is 6.52. The van der Waals surface area contributed by atoms with Crippen molar-refractivity contribution in [2.75, 3.05) is 17.2 Å². The largest absolute Gasteiger partial charge is 0.368 e. The van der Waals surface area contributed by atoms with Gasteiger partial charge in [-0.2, -0.15) is 0 Å². The minimum absolute atomic E-state index is 0.106. The van der Waals surface area contributed by atoms with Crippen molar-refractivity contribution in [1.82, 2.24) is 4.98 Å². The van der Waals surface area contributed by atoms with Gasteiger partial charge in [0.2, 0.25) is 0 Å². The Balaban J connectivity index is 2.06. The van der Waals surface area contributed by atoms with Gasteiger partial charge in [0.1, 0.15) is 0 Å². The number of pyridine rings is 1. The van der Waals surface area contributed by atoms with Crippen LogP contribution < -0.4 is 10.6 Å². The van der Waals surface area contributed by atoms with Crippen molar-refractivity contribution in [2.45, 2.75) is 39.2 Å². The van der Waals surface area contributed by atoms with Crippen LogP contribution in [0.25, 0.3) is 0 Å². The summed E-state index contributed by atoms with van der Waals surface area (Å²) in [5.74, 6) is -0.425. The van der Waals surface area contributed by atoms with E-state index in [9.17, 15) is 8.78 Å². The highest BCUT2D eigenvalue weighted by molar-refractivity contribution is 5.48. The van der Waals surface area contributed by atoms with Crippen LogP contribution in [0.3, 0.4) is 0 Å². The lowest BCUT2D eigenvalue weighted by atomic mass is 10.2. The van der Waals surface area contributed by atoms with Crippen LogP contribution in [0, 0.1) is 17.6 Å². The van der Waals surface area contributed by atoms with E-state index in [0.717, 1.165) is 25.3 Å². The zero-order chi connectivity index (χ0) is 13.1. The minimum atomic E-state index is -0.652. The summed E-state index contributed by atoms with van der Waals surface area (Å²) < 4.78 is 27.0. The van der Waals surface area contributed by atoms with Crippen molar-refractivity contribution in [3.8, 4) is 0 Å². The quantitative estimate of drug-likeness (QED) is 0.818. The van der Waals surface area contributed by atoms with Gasteiger partial charge in [-0.1, -0.05) is 13.3 Å². The molecule has 0 radical (unpaired) electrons. The fourth-order valence-corrected chi connectivity index (χ4v) is 2.15. The van der Waals surface area contributed by atoms with Crippen LogP contribution in [0.4, 0.5) is 20.4 Å². The Bertz CT molecular complexity index is 423. The topological polar surface area (TPSA) is 37.0 Å². The summed E-state index contributed by atoms with van der Waals surface area (Å²) in [5.41, 5.74) is 0. The Kier molecular flexibility index (Phi) is 3.99. The second kappa shape index (κ2) is 5.50. The molecule has 0 amide bonds. The Morgan fingerprint density at radius 3 is 2.67 bits per heavy atom. The number of nitrogens with one attached hydrogen (secondary N) is 2. The molecule has 2 atom stereocenters. The van der Waals surface area contributed by atoms with Crippen LogP contribution in [0.2, 0.25) is 0 Å². The second-order valence-corrected chi connectivity index (χ2v) is 4.71. The van der Waals surface area contributed by atoms with E-state index in [1.54, 1.807) is 0 Å². The van der Waals surface area contributed by atoms with Crippen LogP contribution in [0.1, 0.15) is 33.1 Å². The minimum Gasteiger partial charge on any atom is -0.368 e. The molecule has 2 unspecified atom stereocenters. The van der Waals surface area contributed by atoms with Gasteiger partial charge in [-0.15, -0.1) is 0 Å². The van der Waals surface area contributed by atoms with Gasteiger partial charge in [0.25, 0.3) is 0 Å². The lowest BCUT2D eigenvalue weighted by molar-refractivity contribution is 0.577. The number of aromatic nitrogens is 1. The van der Waals surface area contributed by atoms with E-state index < -0.39 is 11.6 Å². The molecule has 1 fully saturated rings. The molecule has 1 aromatic heterocycles. The summed E-state index contributed by atoms with van der Waals surface area (Å²) in [6.45, 7) is 4.53. The highest BCUT2D eigenvalue weighted by atomic mass is 19.1. The molecule has 2 rings (SSSR count). The molecule has 100 valence electrons. The van der Waals surface area contributed by atoms with Gasteiger partial charge >= 0.3 is 0 Å². The lowest BCUT2D eigenvalue weighted by Crippen LogP contribution is -2.11. The summed E-state index contributed by atoms with van der Waals surface area (Å²) in [6, 6.07) is 1.16. The standard InChI is InChI=1S/C13H19F2N3/c1-3-5-8-6-11(8)17-13-10(15)7-9(14)12(18-13)16-4-2/h7-8,11H,3-6H2,1-2H3,(H2,16,17,18). The molecule has 0 bridgehead atoms. The maximum Gasteiger partial charge on any atom is 0.168 e. The van der Waals surface area contributed by atoms with Crippen molar-refractivity contribution >= 4 is 11.6 Å². The maximum atomic E-state index is 13.6. The first kappa shape index (κ1) is 13.1. The van der Waals surface area contributed by atoms with Crippen LogP contribution in [0.15, 0.2) is 6.07 Å². The van der Waals surface area contributed by atoms with Crippen molar-refractivity contribution < 1.29 is 8.78 Å². The number of rotatable bonds is 6. The number of hydrogen-bond acceptors (Lipinski definition) is 3. The Hall–Kier alpha value is -1.39. The summed E-state index contributed by atoms with van der Waals surface area (Å²) in [4.78, 5) is 3.96. The third-order valence-corrected chi connectivity index (χ3v) is 3.18. The molecule has 0 aromatic carbocycles. The van der Waals surface area contributed by atoms with Crippen molar-refractivity contribution in [1.29, 1.82) is 0 Å². The molecule has 1 aromatic rings. The number of nitrogens with zero attached hydrogens (tertiary/aromatic N) is 1. The molecule has 2 N–H and O–H groups in total. The van der Waals surface area contributed by atoms with E-state index in [0.29, 0.717) is 12.5 Å². The molecule has 0 aliphatic heterocycles. The van der Waals surface area contributed by atoms with Gasteiger partial charge in [-0.25, -0.2) is 13.8 Å². The molecule has 18 heavy (non-hydrogen) atoms. The summed E-state index contributed by atoms with van der Waals surface area (Å²) in [5, 5.41) is 5.83. The molecule has 1 aliphatic carbocycles. The highest BCUT2D eigenvalue weighted by Gasteiger charge is 2.36. The fraction of sp³-hybridized carbons (Fsp3) is 0.615. The molecular formula is C13H19F2N3. The van der Waals surface area contributed by atoms with E-state index in [1.165, 1.54) is 0 Å². The second-order valence-electron chi connectivity index (χ2n) is 4.71. The Morgan fingerprint density at radius 2 is 2.00 bits per heavy atom. The van der Waals surface area contributed by atoms with Crippen molar-refractivity contribution in [2.24, 2.45) is 5.92 Å². The Labute approximate surface area is 106 Å². The molecule has 1 saturated carbocycles. The maximum absolute atomic E-state index is 13.6. The molecule has 1 heterocycles. The third kappa shape index (κ3) is 2.89.